The number of hydrogen-bond acceptors (Lipinski definition) is 4. The molecule has 3 heterocycles. The predicted octanol–water partition coefficient (Wildman–Crippen LogP) is 2.66. The number of hydrogen-bond donors (Lipinski definition) is 1. The summed E-state index contributed by atoms with van der Waals surface area (Å²) < 4.78 is 0. The number of aromatic amines is 1. The van der Waals surface area contributed by atoms with Gasteiger partial charge in [0.25, 0.3) is 5.56 Å². The first-order valence-corrected chi connectivity index (χ1v) is 6.45. The van der Waals surface area contributed by atoms with E-state index in [4.69, 9.17) is 0 Å². The minimum atomic E-state index is -0.109. The van der Waals surface area contributed by atoms with Crippen LogP contribution in [0.3, 0.4) is 0 Å². The molecule has 0 aliphatic rings. The minimum absolute atomic E-state index is 0.109. The van der Waals surface area contributed by atoms with Crippen molar-refractivity contribution in [3.05, 3.63) is 45.5 Å². The third kappa shape index (κ3) is 1.73. The van der Waals surface area contributed by atoms with Crippen LogP contribution in [-0.4, -0.2) is 15.0 Å². The fourth-order valence-electron chi connectivity index (χ4n) is 1.99. The minimum Gasteiger partial charge on any atom is -0.306 e. The van der Waals surface area contributed by atoms with Crippen LogP contribution in [-0.2, 0) is 0 Å². The highest BCUT2D eigenvalue weighted by atomic mass is 32.1. The van der Waals surface area contributed by atoms with Crippen LogP contribution in [0, 0.1) is 13.8 Å². The standard InChI is InChI=1S/C13H11N3OS/c1-7-9-6-10(11-4-3-5-18-11)13(17)16-12(9)15-8(2)14-7/h3-6H,1-2H3,(H,14,15,16,17). The van der Waals surface area contributed by atoms with Gasteiger partial charge in [0.15, 0.2) is 0 Å². The molecular formula is C13H11N3OS. The lowest BCUT2D eigenvalue weighted by molar-refractivity contribution is 1.03. The molecule has 0 saturated carbocycles. The fourth-order valence-corrected chi connectivity index (χ4v) is 2.73. The lowest BCUT2D eigenvalue weighted by Crippen LogP contribution is -2.10. The summed E-state index contributed by atoms with van der Waals surface area (Å²) in [5.41, 5.74) is 2.05. The fraction of sp³-hybridized carbons (Fsp3) is 0.154. The number of H-pyrrole nitrogens is 1. The molecule has 0 spiro atoms. The quantitative estimate of drug-likeness (QED) is 0.729. The van der Waals surface area contributed by atoms with Gasteiger partial charge in [-0.1, -0.05) is 6.07 Å². The molecule has 0 aliphatic carbocycles. The first-order chi connectivity index (χ1) is 8.65. The van der Waals surface area contributed by atoms with E-state index in [0.29, 0.717) is 17.0 Å². The summed E-state index contributed by atoms with van der Waals surface area (Å²) in [6, 6.07) is 5.74. The molecule has 0 bridgehead atoms. The van der Waals surface area contributed by atoms with Crippen molar-refractivity contribution in [2.75, 3.05) is 0 Å². The molecule has 3 aromatic heterocycles. The van der Waals surface area contributed by atoms with E-state index in [-0.39, 0.29) is 5.56 Å². The Hall–Kier alpha value is -2.01. The van der Waals surface area contributed by atoms with Crippen molar-refractivity contribution in [3.8, 4) is 10.4 Å². The van der Waals surface area contributed by atoms with Crippen LogP contribution in [0.5, 0.6) is 0 Å². The van der Waals surface area contributed by atoms with Gasteiger partial charge in [-0.3, -0.25) is 4.79 Å². The zero-order valence-electron chi connectivity index (χ0n) is 10.0. The molecule has 3 rings (SSSR count). The average Bonchev–Trinajstić information content (AvgIpc) is 2.81. The lowest BCUT2D eigenvalue weighted by Gasteiger charge is -2.04. The molecule has 0 unspecified atom stereocenters. The molecule has 4 nitrogen and oxygen atoms in total. The normalized spacial score (nSPS) is 11.0. The highest BCUT2D eigenvalue weighted by Gasteiger charge is 2.09. The molecule has 0 atom stereocenters. The number of nitrogens with one attached hydrogen (secondary N) is 1. The number of fused-ring (bicyclic) bond motifs is 1. The molecule has 1 N–H and O–H groups in total. The predicted molar refractivity (Wildman–Crippen MR) is 72.9 cm³/mol. The van der Waals surface area contributed by atoms with E-state index in [0.717, 1.165) is 16.0 Å². The maximum absolute atomic E-state index is 12.0. The number of pyridine rings is 1. The van der Waals surface area contributed by atoms with Gasteiger partial charge in [-0.05, 0) is 31.4 Å². The van der Waals surface area contributed by atoms with E-state index in [2.05, 4.69) is 15.0 Å². The van der Waals surface area contributed by atoms with Crippen LogP contribution in [0.25, 0.3) is 21.5 Å². The summed E-state index contributed by atoms with van der Waals surface area (Å²) >= 11 is 1.55. The van der Waals surface area contributed by atoms with Crippen molar-refractivity contribution in [3.63, 3.8) is 0 Å². The summed E-state index contributed by atoms with van der Waals surface area (Å²) in [6.07, 6.45) is 0. The summed E-state index contributed by atoms with van der Waals surface area (Å²) in [4.78, 5) is 24.4. The summed E-state index contributed by atoms with van der Waals surface area (Å²) in [6.45, 7) is 3.74. The number of nitrogens with zero attached hydrogens (tertiary/aromatic N) is 2. The molecule has 0 saturated heterocycles. The lowest BCUT2D eigenvalue weighted by atomic mass is 10.1. The Morgan fingerprint density at radius 1 is 1.28 bits per heavy atom. The number of thiophene rings is 1. The second-order valence-electron chi connectivity index (χ2n) is 4.11. The van der Waals surface area contributed by atoms with Crippen molar-refractivity contribution < 1.29 is 0 Å². The van der Waals surface area contributed by atoms with Gasteiger partial charge in [-0.25, -0.2) is 9.97 Å². The Morgan fingerprint density at radius 2 is 2.11 bits per heavy atom. The zero-order chi connectivity index (χ0) is 12.7. The van der Waals surface area contributed by atoms with Gasteiger partial charge in [0.2, 0.25) is 0 Å². The summed E-state index contributed by atoms with van der Waals surface area (Å²) in [5.74, 6) is 0.666. The number of aryl methyl sites for hydroxylation is 2. The summed E-state index contributed by atoms with van der Waals surface area (Å²) in [5, 5.41) is 2.85. The zero-order valence-corrected chi connectivity index (χ0v) is 10.8. The Morgan fingerprint density at radius 3 is 2.83 bits per heavy atom. The molecule has 18 heavy (non-hydrogen) atoms. The monoisotopic (exact) mass is 257 g/mol. The van der Waals surface area contributed by atoms with Crippen LogP contribution in [0.15, 0.2) is 28.4 Å². The second-order valence-corrected chi connectivity index (χ2v) is 5.06. The van der Waals surface area contributed by atoms with E-state index in [1.165, 1.54) is 0 Å². The van der Waals surface area contributed by atoms with Crippen molar-refractivity contribution in [1.29, 1.82) is 0 Å². The maximum atomic E-state index is 12.0. The van der Waals surface area contributed by atoms with E-state index in [9.17, 15) is 4.79 Å². The third-order valence-corrected chi connectivity index (χ3v) is 3.70. The summed E-state index contributed by atoms with van der Waals surface area (Å²) in [7, 11) is 0. The Kier molecular flexibility index (Phi) is 2.48. The molecule has 0 amide bonds. The topological polar surface area (TPSA) is 58.6 Å². The smallest absolute Gasteiger partial charge is 0.258 e. The first kappa shape index (κ1) is 11.1. The first-order valence-electron chi connectivity index (χ1n) is 5.57. The van der Waals surface area contributed by atoms with Crippen molar-refractivity contribution in [2.45, 2.75) is 13.8 Å². The van der Waals surface area contributed by atoms with Gasteiger partial charge in [0.05, 0.1) is 11.3 Å². The van der Waals surface area contributed by atoms with E-state index < -0.39 is 0 Å². The van der Waals surface area contributed by atoms with Crippen molar-refractivity contribution >= 4 is 22.4 Å². The molecule has 90 valence electrons. The molecule has 0 aromatic carbocycles. The highest BCUT2D eigenvalue weighted by Crippen LogP contribution is 2.24. The van der Waals surface area contributed by atoms with Gasteiger partial charge in [-0.15, -0.1) is 11.3 Å². The van der Waals surface area contributed by atoms with Crippen LogP contribution < -0.4 is 5.56 Å². The van der Waals surface area contributed by atoms with E-state index in [1.807, 2.05) is 37.4 Å². The molecular weight excluding hydrogens is 246 g/mol. The van der Waals surface area contributed by atoms with Gasteiger partial charge < -0.3 is 4.98 Å². The number of aromatic nitrogens is 3. The van der Waals surface area contributed by atoms with E-state index >= 15 is 0 Å². The Bertz CT molecular complexity index is 775. The van der Waals surface area contributed by atoms with Gasteiger partial charge in [0, 0.05) is 10.3 Å². The van der Waals surface area contributed by atoms with Gasteiger partial charge >= 0.3 is 0 Å². The van der Waals surface area contributed by atoms with Crippen molar-refractivity contribution in [1.82, 2.24) is 15.0 Å². The Labute approximate surface area is 107 Å². The molecule has 3 aromatic rings. The SMILES string of the molecule is Cc1nc(C)c2cc(-c3cccs3)c(=O)[nH]c2n1. The molecule has 0 fully saturated rings. The average molecular weight is 257 g/mol. The Balaban J connectivity index is 2.37. The second kappa shape index (κ2) is 4.03. The van der Waals surface area contributed by atoms with Crippen LogP contribution >= 0.6 is 11.3 Å². The molecule has 5 heteroatoms. The van der Waals surface area contributed by atoms with Gasteiger partial charge in [-0.2, -0.15) is 0 Å². The molecule has 0 radical (unpaired) electrons. The number of rotatable bonds is 1. The van der Waals surface area contributed by atoms with E-state index in [1.54, 1.807) is 11.3 Å². The third-order valence-electron chi connectivity index (χ3n) is 2.80. The van der Waals surface area contributed by atoms with Crippen LogP contribution in [0.4, 0.5) is 0 Å². The van der Waals surface area contributed by atoms with Crippen LogP contribution in [0.1, 0.15) is 11.5 Å². The highest BCUT2D eigenvalue weighted by molar-refractivity contribution is 7.13. The largest absolute Gasteiger partial charge is 0.306 e. The van der Waals surface area contributed by atoms with Gasteiger partial charge in [0.1, 0.15) is 11.5 Å². The van der Waals surface area contributed by atoms with Crippen LogP contribution in [0.2, 0.25) is 0 Å². The maximum Gasteiger partial charge on any atom is 0.258 e. The van der Waals surface area contributed by atoms with Crippen molar-refractivity contribution in [2.24, 2.45) is 0 Å². The molecule has 0 aliphatic heterocycles.